The number of pyridine rings is 1. The summed E-state index contributed by atoms with van der Waals surface area (Å²) >= 11 is 0. The van der Waals surface area contributed by atoms with Crippen molar-refractivity contribution < 1.29 is 4.42 Å². The molecule has 3 heteroatoms. The molecule has 2 aromatic heterocycles. The van der Waals surface area contributed by atoms with Gasteiger partial charge in [0.1, 0.15) is 13.8 Å². The molecule has 4 rings (SSSR count). The molecule has 0 N–H and O–H groups in total. The Labute approximate surface area is 149 Å². The van der Waals surface area contributed by atoms with E-state index in [-0.39, 0.29) is 0 Å². The van der Waals surface area contributed by atoms with Gasteiger partial charge in [-0.05, 0) is 38.1 Å². The fourth-order valence-corrected chi connectivity index (χ4v) is 4.40. The molecule has 0 fully saturated rings. The lowest BCUT2D eigenvalue weighted by Crippen LogP contribution is -2.36. The standard InChI is InChI=1S/C22H23NOSi/c1-14-10-15(2)12-16(11-14)21-22-18(13-20(24-22)25(3,4)5)17-8-6-7-9-19(17)23-21/h6-13H,1-5H3. The Morgan fingerprint density at radius 1 is 0.840 bits per heavy atom. The van der Waals surface area contributed by atoms with Crippen molar-refractivity contribution in [3.05, 3.63) is 59.7 Å². The molecule has 4 aromatic rings. The van der Waals surface area contributed by atoms with Gasteiger partial charge >= 0.3 is 0 Å². The first kappa shape index (κ1) is 16.1. The molecule has 126 valence electrons. The van der Waals surface area contributed by atoms with E-state index in [1.807, 2.05) is 6.07 Å². The third-order valence-electron chi connectivity index (χ3n) is 4.61. The van der Waals surface area contributed by atoms with E-state index in [9.17, 15) is 0 Å². The lowest BCUT2D eigenvalue weighted by molar-refractivity contribution is 0.648. The van der Waals surface area contributed by atoms with Crippen LogP contribution in [0.2, 0.25) is 19.6 Å². The summed E-state index contributed by atoms with van der Waals surface area (Å²) in [6.45, 7) is 11.2. The number of hydrogen-bond acceptors (Lipinski definition) is 2. The molecular formula is C22H23NOSi. The second kappa shape index (κ2) is 5.56. The summed E-state index contributed by atoms with van der Waals surface area (Å²) in [6.07, 6.45) is 0. The minimum absolute atomic E-state index is 0.918. The highest BCUT2D eigenvalue weighted by molar-refractivity contribution is 6.88. The normalized spacial score (nSPS) is 12.2. The molecule has 0 aliphatic carbocycles. The van der Waals surface area contributed by atoms with Crippen LogP contribution in [0.15, 0.2) is 52.9 Å². The van der Waals surface area contributed by atoms with Gasteiger partial charge in [0.15, 0.2) is 5.58 Å². The van der Waals surface area contributed by atoms with Crippen molar-refractivity contribution in [3.63, 3.8) is 0 Å². The van der Waals surface area contributed by atoms with Crippen molar-refractivity contribution in [2.75, 3.05) is 0 Å². The topological polar surface area (TPSA) is 26.0 Å². The smallest absolute Gasteiger partial charge is 0.160 e. The zero-order valence-corrected chi connectivity index (χ0v) is 16.5. The highest BCUT2D eigenvalue weighted by Crippen LogP contribution is 2.34. The van der Waals surface area contributed by atoms with E-state index >= 15 is 0 Å². The first-order valence-corrected chi connectivity index (χ1v) is 12.2. The van der Waals surface area contributed by atoms with Gasteiger partial charge in [-0.1, -0.05) is 55.0 Å². The van der Waals surface area contributed by atoms with Crippen molar-refractivity contribution >= 4 is 35.3 Å². The van der Waals surface area contributed by atoms with Crippen LogP contribution in [0.4, 0.5) is 0 Å². The van der Waals surface area contributed by atoms with Crippen LogP contribution in [0.3, 0.4) is 0 Å². The lowest BCUT2D eigenvalue weighted by Gasteiger charge is -2.11. The Bertz CT molecular complexity index is 1080. The molecule has 0 unspecified atom stereocenters. The van der Waals surface area contributed by atoms with Crippen LogP contribution < -0.4 is 5.38 Å². The fourth-order valence-electron chi connectivity index (χ4n) is 3.41. The van der Waals surface area contributed by atoms with E-state index in [0.29, 0.717) is 0 Å². The molecule has 0 saturated carbocycles. The Balaban J connectivity index is 2.13. The molecule has 2 aromatic carbocycles. The summed E-state index contributed by atoms with van der Waals surface area (Å²) in [5, 5.41) is 3.47. The fraction of sp³-hybridized carbons (Fsp3) is 0.227. The molecule has 2 nitrogen and oxygen atoms in total. The summed E-state index contributed by atoms with van der Waals surface area (Å²) < 4.78 is 6.41. The number of fused-ring (bicyclic) bond motifs is 3. The number of aromatic nitrogens is 1. The highest BCUT2D eigenvalue weighted by atomic mass is 28.3. The molecule has 0 radical (unpaired) electrons. The average Bonchev–Trinajstić information content (AvgIpc) is 2.99. The zero-order chi connectivity index (χ0) is 17.8. The molecule has 0 spiro atoms. The number of benzene rings is 2. The van der Waals surface area contributed by atoms with Gasteiger partial charge in [0.05, 0.1) is 10.9 Å². The van der Waals surface area contributed by atoms with Crippen LogP contribution in [-0.2, 0) is 0 Å². The maximum absolute atomic E-state index is 6.41. The van der Waals surface area contributed by atoms with Crippen LogP contribution in [-0.4, -0.2) is 13.1 Å². The second-order valence-corrected chi connectivity index (χ2v) is 13.0. The summed E-state index contributed by atoms with van der Waals surface area (Å²) in [6, 6.07) is 17.2. The monoisotopic (exact) mass is 345 g/mol. The van der Waals surface area contributed by atoms with Crippen LogP contribution in [0.5, 0.6) is 0 Å². The molecular weight excluding hydrogens is 322 g/mol. The third kappa shape index (κ3) is 2.79. The maximum atomic E-state index is 6.41. The van der Waals surface area contributed by atoms with Gasteiger partial charge in [-0.2, -0.15) is 0 Å². The van der Waals surface area contributed by atoms with E-state index in [4.69, 9.17) is 9.40 Å². The highest BCUT2D eigenvalue weighted by Gasteiger charge is 2.24. The largest absolute Gasteiger partial charge is 0.464 e. The summed E-state index contributed by atoms with van der Waals surface area (Å²) in [7, 11) is -1.54. The van der Waals surface area contributed by atoms with Gasteiger partial charge in [-0.3, -0.25) is 0 Å². The lowest BCUT2D eigenvalue weighted by atomic mass is 10.0. The number of hydrogen-bond donors (Lipinski definition) is 0. The predicted molar refractivity (Wildman–Crippen MR) is 109 cm³/mol. The van der Waals surface area contributed by atoms with Gasteiger partial charge in [0, 0.05) is 16.3 Å². The van der Waals surface area contributed by atoms with Gasteiger partial charge < -0.3 is 4.42 Å². The van der Waals surface area contributed by atoms with Crippen LogP contribution in [0, 0.1) is 13.8 Å². The van der Waals surface area contributed by atoms with Crippen molar-refractivity contribution in [2.45, 2.75) is 33.5 Å². The molecule has 2 heterocycles. The van der Waals surface area contributed by atoms with E-state index < -0.39 is 8.07 Å². The minimum Gasteiger partial charge on any atom is -0.464 e. The third-order valence-corrected chi connectivity index (χ3v) is 6.33. The van der Waals surface area contributed by atoms with E-state index in [0.717, 1.165) is 27.7 Å². The van der Waals surface area contributed by atoms with Crippen molar-refractivity contribution in [3.8, 4) is 11.3 Å². The summed E-state index contributed by atoms with van der Waals surface area (Å²) in [5.41, 5.74) is 6.51. The first-order valence-electron chi connectivity index (χ1n) is 8.74. The van der Waals surface area contributed by atoms with Crippen LogP contribution >= 0.6 is 0 Å². The second-order valence-electron chi connectivity index (χ2n) is 7.96. The van der Waals surface area contributed by atoms with Crippen LogP contribution in [0.1, 0.15) is 11.1 Å². The summed E-state index contributed by atoms with van der Waals surface area (Å²) in [5.74, 6) is 0. The average molecular weight is 346 g/mol. The quantitative estimate of drug-likeness (QED) is 0.428. The number of nitrogens with zero attached hydrogens (tertiary/aromatic N) is 1. The number of rotatable bonds is 2. The molecule has 0 bridgehead atoms. The van der Waals surface area contributed by atoms with Gasteiger partial charge in [0.2, 0.25) is 0 Å². The Morgan fingerprint density at radius 2 is 1.52 bits per heavy atom. The van der Waals surface area contributed by atoms with E-state index in [1.54, 1.807) is 0 Å². The summed E-state index contributed by atoms with van der Waals surface area (Å²) in [4.78, 5) is 4.97. The van der Waals surface area contributed by atoms with Crippen molar-refractivity contribution in [2.24, 2.45) is 0 Å². The molecule has 25 heavy (non-hydrogen) atoms. The van der Waals surface area contributed by atoms with E-state index in [2.05, 4.69) is 76.0 Å². The van der Waals surface area contributed by atoms with Gasteiger partial charge in [0.25, 0.3) is 0 Å². The Hall–Kier alpha value is -2.39. The molecule has 0 saturated heterocycles. The molecule has 0 aliphatic heterocycles. The molecule has 0 amide bonds. The molecule has 0 aliphatic rings. The van der Waals surface area contributed by atoms with Gasteiger partial charge in [-0.15, -0.1) is 0 Å². The minimum atomic E-state index is -1.54. The van der Waals surface area contributed by atoms with Crippen LogP contribution in [0.25, 0.3) is 33.1 Å². The van der Waals surface area contributed by atoms with E-state index in [1.165, 1.54) is 21.9 Å². The Kier molecular flexibility index (Phi) is 3.58. The molecule has 0 atom stereocenters. The first-order chi connectivity index (χ1) is 11.8. The predicted octanol–water partition coefficient (Wildman–Crippen LogP) is 5.81. The number of para-hydroxylation sites is 1. The Morgan fingerprint density at radius 3 is 2.20 bits per heavy atom. The maximum Gasteiger partial charge on any atom is 0.160 e. The number of furan rings is 1. The van der Waals surface area contributed by atoms with Crippen molar-refractivity contribution in [1.29, 1.82) is 0 Å². The zero-order valence-electron chi connectivity index (χ0n) is 15.5. The van der Waals surface area contributed by atoms with Crippen molar-refractivity contribution in [1.82, 2.24) is 4.98 Å². The number of aryl methyl sites for hydroxylation is 2. The SMILES string of the molecule is Cc1cc(C)cc(-c2nc3ccccc3c3cc([Si](C)(C)C)oc23)c1. The van der Waals surface area contributed by atoms with Gasteiger partial charge in [-0.25, -0.2) is 4.98 Å².